The van der Waals surface area contributed by atoms with Gasteiger partial charge in [0.05, 0.1) is 11.8 Å². The molecule has 7 heteroatoms. The maximum absolute atomic E-state index is 13.4. The second-order valence-electron chi connectivity index (χ2n) is 5.25. The first kappa shape index (κ1) is 14.4. The summed E-state index contributed by atoms with van der Waals surface area (Å²) in [5.74, 6) is -1.01. The summed E-state index contributed by atoms with van der Waals surface area (Å²) in [6, 6.07) is 2.19. The van der Waals surface area contributed by atoms with Gasteiger partial charge in [0.25, 0.3) is 0 Å². The Bertz CT molecular complexity index is 773. The smallest absolute Gasteiger partial charge is 0.161 e. The molecular weight excluding hydrogens is 288 g/mol. The summed E-state index contributed by atoms with van der Waals surface area (Å²) in [5.41, 5.74) is 0.374. The molecular formula is C15H15F2N5. The Morgan fingerprint density at radius 2 is 2.05 bits per heavy atom. The zero-order chi connectivity index (χ0) is 15.5. The summed E-state index contributed by atoms with van der Waals surface area (Å²) < 4.78 is 28.6. The van der Waals surface area contributed by atoms with Crippen LogP contribution in [0.25, 0.3) is 10.9 Å². The highest BCUT2D eigenvalue weighted by atomic mass is 19.2. The molecule has 2 heterocycles. The maximum atomic E-state index is 13.4. The highest BCUT2D eigenvalue weighted by molar-refractivity contribution is 5.88. The first-order valence-electron chi connectivity index (χ1n) is 6.93. The second-order valence-corrected chi connectivity index (χ2v) is 5.25. The minimum absolute atomic E-state index is 0.310. The number of nitrogens with one attached hydrogen (secondary N) is 1. The van der Waals surface area contributed by atoms with Crippen LogP contribution in [0.1, 0.15) is 6.92 Å². The van der Waals surface area contributed by atoms with Gasteiger partial charge in [0.1, 0.15) is 12.1 Å². The third-order valence-corrected chi connectivity index (χ3v) is 3.38. The molecule has 0 amide bonds. The number of anilines is 1. The predicted molar refractivity (Wildman–Crippen MR) is 79.3 cm³/mol. The van der Waals surface area contributed by atoms with Gasteiger partial charge in [-0.1, -0.05) is 6.92 Å². The lowest BCUT2D eigenvalue weighted by molar-refractivity contribution is 0.502. The lowest BCUT2D eigenvalue weighted by Crippen LogP contribution is -2.17. The van der Waals surface area contributed by atoms with E-state index in [2.05, 4.69) is 27.2 Å². The molecule has 0 radical (unpaired) electrons. The first-order chi connectivity index (χ1) is 10.6. The normalized spacial score (nSPS) is 12.5. The molecule has 22 heavy (non-hydrogen) atoms. The van der Waals surface area contributed by atoms with Crippen LogP contribution >= 0.6 is 0 Å². The summed E-state index contributed by atoms with van der Waals surface area (Å²) in [6.07, 6.45) is 6.72. The van der Waals surface area contributed by atoms with Crippen molar-refractivity contribution >= 4 is 16.7 Å². The van der Waals surface area contributed by atoms with E-state index < -0.39 is 11.6 Å². The van der Waals surface area contributed by atoms with Gasteiger partial charge < -0.3 is 9.88 Å². The first-order valence-corrected chi connectivity index (χ1v) is 6.93. The molecule has 0 saturated heterocycles. The molecule has 1 atom stereocenters. The number of fused-ring (bicyclic) bond motifs is 1. The Morgan fingerprint density at radius 3 is 2.82 bits per heavy atom. The van der Waals surface area contributed by atoms with Crippen LogP contribution in [0, 0.1) is 17.6 Å². The summed E-state index contributed by atoms with van der Waals surface area (Å²) in [4.78, 5) is 12.1. The van der Waals surface area contributed by atoms with Crippen LogP contribution in [0.2, 0.25) is 0 Å². The molecule has 0 aliphatic heterocycles. The number of hydrogen-bond donors (Lipinski definition) is 1. The molecule has 0 aliphatic rings. The molecule has 0 bridgehead atoms. The number of benzene rings is 1. The van der Waals surface area contributed by atoms with Crippen LogP contribution in [0.15, 0.2) is 37.2 Å². The van der Waals surface area contributed by atoms with Crippen molar-refractivity contribution in [1.29, 1.82) is 0 Å². The van der Waals surface area contributed by atoms with Crippen LogP contribution < -0.4 is 5.32 Å². The summed E-state index contributed by atoms with van der Waals surface area (Å²) in [6.45, 7) is 3.53. The Balaban J connectivity index is 1.75. The molecule has 0 unspecified atom stereocenters. The minimum Gasteiger partial charge on any atom is -0.369 e. The van der Waals surface area contributed by atoms with Crippen LogP contribution in [0.4, 0.5) is 14.6 Å². The quantitative estimate of drug-likeness (QED) is 0.787. The lowest BCUT2D eigenvalue weighted by atomic mass is 10.1. The summed E-state index contributed by atoms with van der Waals surface area (Å²) in [7, 11) is 0. The Morgan fingerprint density at radius 1 is 1.23 bits per heavy atom. The molecule has 0 saturated carbocycles. The number of halogens is 2. The number of rotatable bonds is 5. The Kier molecular flexibility index (Phi) is 3.95. The summed E-state index contributed by atoms with van der Waals surface area (Å²) in [5, 5.41) is 3.64. The van der Waals surface area contributed by atoms with E-state index in [0.717, 1.165) is 18.7 Å². The molecule has 3 aromatic rings. The molecule has 0 spiro atoms. The standard InChI is InChI=1S/C15H15F2N5/c1-10(7-22-3-2-18-9-22)6-19-15-11-4-12(16)13(17)5-14(11)20-8-21-15/h2-5,8-10H,6-7H2,1H3,(H,19,20,21)/t10-/m1/s1. The largest absolute Gasteiger partial charge is 0.369 e. The highest BCUT2D eigenvalue weighted by Gasteiger charge is 2.10. The van der Waals surface area contributed by atoms with Gasteiger partial charge in [-0.15, -0.1) is 0 Å². The van der Waals surface area contributed by atoms with Gasteiger partial charge in [0.15, 0.2) is 11.6 Å². The molecule has 0 fully saturated rings. The van der Waals surface area contributed by atoms with Gasteiger partial charge in [0.2, 0.25) is 0 Å². The molecule has 1 aromatic carbocycles. The van der Waals surface area contributed by atoms with E-state index in [4.69, 9.17) is 0 Å². The zero-order valence-corrected chi connectivity index (χ0v) is 12.0. The van der Waals surface area contributed by atoms with Crippen LogP contribution in [0.5, 0.6) is 0 Å². The van der Waals surface area contributed by atoms with Crippen LogP contribution in [0.3, 0.4) is 0 Å². The maximum Gasteiger partial charge on any atom is 0.161 e. The number of nitrogens with zero attached hydrogens (tertiary/aromatic N) is 4. The van der Waals surface area contributed by atoms with Gasteiger partial charge >= 0.3 is 0 Å². The minimum atomic E-state index is -0.911. The van der Waals surface area contributed by atoms with Crippen molar-refractivity contribution in [3.63, 3.8) is 0 Å². The third kappa shape index (κ3) is 3.03. The van der Waals surface area contributed by atoms with E-state index in [0.29, 0.717) is 29.2 Å². The van der Waals surface area contributed by atoms with Crippen molar-refractivity contribution in [3.05, 3.63) is 48.8 Å². The van der Waals surface area contributed by atoms with E-state index >= 15 is 0 Å². The molecule has 114 valence electrons. The van der Waals surface area contributed by atoms with Crippen molar-refractivity contribution in [2.45, 2.75) is 13.5 Å². The average Bonchev–Trinajstić information content (AvgIpc) is 2.99. The van der Waals surface area contributed by atoms with Gasteiger partial charge in [-0.25, -0.2) is 23.7 Å². The summed E-state index contributed by atoms with van der Waals surface area (Å²) >= 11 is 0. The molecule has 3 rings (SSSR count). The average molecular weight is 303 g/mol. The number of hydrogen-bond acceptors (Lipinski definition) is 4. The fraction of sp³-hybridized carbons (Fsp3) is 0.267. The molecule has 2 aromatic heterocycles. The zero-order valence-electron chi connectivity index (χ0n) is 12.0. The van der Waals surface area contributed by atoms with Crippen LogP contribution in [-0.2, 0) is 6.54 Å². The van der Waals surface area contributed by atoms with Gasteiger partial charge in [-0.3, -0.25) is 0 Å². The second kappa shape index (κ2) is 6.05. The molecule has 1 N–H and O–H groups in total. The topological polar surface area (TPSA) is 55.6 Å². The Labute approximate surface area is 126 Å². The Hall–Kier alpha value is -2.57. The van der Waals surface area contributed by atoms with Crippen molar-refractivity contribution < 1.29 is 8.78 Å². The van der Waals surface area contributed by atoms with Crippen LogP contribution in [-0.4, -0.2) is 26.1 Å². The van der Waals surface area contributed by atoms with Crippen molar-refractivity contribution in [2.75, 3.05) is 11.9 Å². The van der Waals surface area contributed by atoms with Crippen molar-refractivity contribution in [2.24, 2.45) is 5.92 Å². The van der Waals surface area contributed by atoms with Crippen molar-refractivity contribution in [3.8, 4) is 0 Å². The monoisotopic (exact) mass is 303 g/mol. The van der Waals surface area contributed by atoms with E-state index in [9.17, 15) is 8.78 Å². The van der Waals surface area contributed by atoms with E-state index in [1.54, 1.807) is 12.5 Å². The lowest BCUT2D eigenvalue weighted by Gasteiger charge is -2.14. The van der Waals surface area contributed by atoms with E-state index in [1.165, 1.54) is 6.33 Å². The van der Waals surface area contributed by atoms with Gasteiger partial charge in [-0.05, 0) is 12.0 Å². The van der Waals surface area contributed by atoms with Crippen molar-refractivity contribution in [1.82, 2.24) is 19.5 Å². The van der Waals surface area contributed by atoms with E-state index in [1.807, 2.05) is 10.8 Å². The van der Waals surface area contributed by atoms with Gasteiger partial charge in [-0.2, -0.15) is 0 Å². The highest BCUT2D eigenvalue weighted by Crippen LogP contribution is 2.22. The fourth-order valence-corrected chi connectivity index (χ4v) is 2.28. The van der Waals surface area contributed by atoms with Gasteiger partial charge in [0, 0.05) is 36.9 Å². The fourth-order valence-electron chi connectivity index (χ4n) is 2.28. The number of aromatic nitrogens is 4. The number of imidazole rings is 1. The predicted octanol–water partition coefficient (Wildman–Crippen LogP) is 2.85. The third-order valence-electron chi connectivity index (χ3n) is 3.38. The molecule has 5 nitrogen and oxygen atoms in total. The molecule has 0 aliphatic carbocycles. The SMILES string of the molecule is C[C@H](CNc1ncnc2cc(F)c(F)cc12)Cn1ccnc1. The van der Waals surface area contributed by atoms with E-state index in [-0.39, 0.29) is 0 Å².